The highest BCUT2D eigenvalue weighted by Gasteiger charge is 2.35. The summed E-state index contributed by atoms with van der Waals surface area (Å²) in [5.74, 6) is -1.00. The molecule has 0 aliphatic rings. The first-order chi connectivity index (χ1) is 9.90. The van der Waals surface area contributed by atoms with E-state index in [0.717, 1.165) is 6.42 Å². The van der Waals surface area contributed by atoms with Crippen molar-refractivity contribution >= 4 is 17.4 Å². The normalized spacial score (nSPS) is 11.5. The molecule has 0 saturated carbocycles. The van der Waals surface area contributed by atoms with Crippen LogP contribution >= 0.6 is 11.6 Å². The molecule has 0 saturated heterocycles. The smallest absolute Gasteiger partial charge is 0.370 e. The Kier molecular flexibility index (Phi) is 4.67. The fourth-order valence-electron chi connectivity index (χ4n) is 1.69. The second-order valence-electron chi connectivity index (χ2n) is 4.39. The highest BCUT2D eigenvalue weighted by molar-refractivity contribution is 6.30. The highest BCUT2D eigenvalue weighted by atomic mass is 35.5. The van der Waals surface area contributed by atoms with Crippen LogP contribution in [-0.2, 0) is 6.18 Å². The lowest BCUT2D eigenvalue weighted by atomic mass is 10.1. The third-order valence-electron chi connectivity index (χ3n) is 2.68. The van der Waals surface area contributed by atoms with Gasteiger partial charge in [-0.2, -0.15) is 13.2 Å². The molecule has 1 aromatic heterocycles. The van der Waals surface area contributed by atoms with Crippen molar-refractivity contribution in [1.29, 1.82) is 0 Å². The van der Waals surface area contributed by atoms with Crippen LogP contribution in [0, 0.1) is 0 Å². The van der Waals surface area contributed by atoms with Crippen LogP contribution in [0.5, 0.6) is 0 Å². The minimum Gasteiger partial charge on any atom is -0.370 e. The molecule has 2 rings (SSSR count). The number of alkyl halides is 3. The van der Waals surface area contributed by atoms with Crippen LogP contribution in [-0.4, -0.2) is 16.5 Å². The summed E-state index contributed by atoms with van der Waals surface area (Å²) in [6.07, 6.45) is -3.81. The number of nitrogens with one attached hydrogen (secondary N) is 1. The minimum atomic E-state index is -4.59. The number of anilines is 1. The molecular weight excluding hydrogens is 303 g/mol. The zero-order valence-corrected chi connectivity index (χ0v) is 12.0. The summed E-state index contributed by atoms with van der Waals surface area (Å²) in [7, 11) is 0. The van der Waals surface area contributed by atoms with Gasteiger partial charge in [-0.3, -0.25) is 0 Å². The van der Waals surface area contributed by atoms with Gasteiger partial charge in [0.25, 0.3) is 0 Å². The molecule has 112 valence electrons. The molecule has 0 aliphatic carbocycles. The number of hydrogen-bond donors (Lipinski definition) is 1. The summed E-state index contributed by atoms with van der Waals surface area (Å²) in [5.41, 5.74) is 0.749. The fraction of sp³-hybridized carbons (Fsp3) is 0.286. The Bertz CT molecular complexity index is 612. The van der Waals surface area contributed by atoms with E-state index in [0.29, 0.717) is 17.1 Å². The first kappa shape index (κ1) is 15.6. The maximum Gasteiger partial charge on any atom is 0.451 e. The minimum absolute atomic E-state index is 0.157. The van der Waals surface area contributed by atoms with Gasteiger partial charge < -0.3 is 5.32 Å². The van der Waals surface area contributed by atoms with E-state index in [1.807, 2.05) is 6.92 Å². The molecule has 0 fully saturated rings. The van der Waals surface area contributed by atoms with E-state index >= 15 is 0 Å². The number of hydrogen-bond acceptors (Lipinski definition) is 3. The maximum absolute atomic E-state index is 12.9. The van der Waals surface area contributed by atoms with Crippen LogP contribution in [0.4, 0.5) is 19.0 Å². The molecule has 0 bridgehead atoms. The molecule has 1 heterocycles. The summed E-state index contributed by atoms with van der Waals surface area (Å²) < 4.78 is 38.6. The van der Waals surface area contributed by atoms with Crippen LogP contribution in [0.2, 0.25) is 5.02 Å². The second-order valence-corrected chi connectivity index (χ2v) is 4.83. The SMILES string of the molecule is CCCNc1cc(-c2ccc(Cl)cc2)nc(C(F)(F)F)n1. The van der Waals surface area contributed by atoms with E-state index in [9.17, 15) is 13.2 Å². The van der Waals surface area contributed by atoms with Gasteiger partial charge in [0.15, 0.2) is 0 Å². The van der Waals surface area contributed by atoms with Crippen molar-refractivity contribution in [3.05, 3.63) is 41.2 Å². The van der Waals surface area contributed by atoms with E-state index in [1.165, 1.54) is 6.07 Å². The van der Waals surface area contributed by atoms with Gasteiger partial charge in [0.2, 0.25) is 5.82 Å². The Labute approximate surface area is 125 Å². The molecule has 2 aromatic rings. The van der Waals surface area contributed by atoms with E-state index < -0.39 is 12.0 Å². The summed E-state index contributed by atoms with van der Waals surface area (Å²) >= 11 is 5.78. The Balaban J connectivity index is 2.46. The van der Waals surface area contributed by atoms with Crippen molar-refractivity contribution in [2.45, 2.75) is 19.5 Å². The number of benzene rings is 1. The van der Waals surface area contributed by atoms with Crippen molar-refractivity contribution in [3.63, 3.8) is 0 Å². The summed E-state index contributed by atoms with van der Waals surface area (Å²) in [5, 5.41) is 3.36. The molecule has 0 aliphatic heterocycles. The number of aromatic nitrogens is 2. The first-order valence-electron chi connectivity index (χ1n) is 6.36. The summed E-state index contributed by atoms with van der Waals surface area (Å²) in [6.45, 7) is 2.45. The van der Waals surface area contributed by atoms with Crippen molar-refractivity contribution in [3.8, 4) is 11.3 Å². The molecule has 1 N–H and O–H groups in total. The zero-order chi connectivity index (χ0) is 15.5. The number of halogens is 4. The first-order valence-corrected chi connectivity index (χ1v) is 6.74. The molecule has 0 unspecified atom stereocenters. The molecule has 0 radical (unpaired) electrons. The molecule has 0 atom stereocenters. The second kappa shape index (κ2) is 6.30. The van der Waals surface area contributed by atoms with Crippen molar-refractivity contribution in [1.82, 2.24) is 9.97 Å². The average Bonchev–Trinajstić information content (AvgIpc) is 2.44. The fourth-order valence-corrected chi connectivity index (χ4v) is 1.81. The van der Waals surface area contributed by atoms with Crippen LogP contribution in [0.1, 0.15) is 19.2 Å². The molecule has 1 aromatic carbocycles. The maximum atomic E-state index is 12.9. The summed E-state index contributed by atoms with van der Waals surface area (Å²) in [6, 6.07) is 7.94. The van der Waals surface area contributed by atoms with Crippen molar-refractivity contribution < 1.29 is 13.2 Å². The van der Waals surface area contributed by atoms with Gasteiger partial charge in [0, 0.05) is 23.2 Å². The van der Waals surface area contributed by atoms with Gasteiger partial charge in [0.05, 0.1) is 5.69 Å². The predicted octanol–water partition coefficient (Wildman–Crippen LogP) is 4.64. The van der Waals surface area contributed by atoms with Crippen molar-refractivity contribution in [2.24, 2.45) is 0 Å². The van der Waals surface area contributed by atoms with E-state index in [1.54, 1.807) is 24.3 Å². The molecule has 21 heavy (non-hydrogen) atoms. The molecule has 3 nitrogen and oxygen atoms in total. The average molecular weight is 316 g/mol. The van der Waals surface area contributed by atoms with Crippen LogP contribution in [0.15, 0.2) is 30.3 Å². The van der Waals surface area contributed by atoms with Gasteiger partial charge >= 0.3 is 6.18 Å². The van der Waals surface area contributed by atoms with E-state index in [-0.39, 0.29) is 11.5 Å². The van der Waals surface area contributed by atoms with Crippen LogP contribution in [0.3, 0.4) is 0 Å². The highest BCUT2D eigenvalue weighted by Crippen LogP contribution is 2.30. The summed E-state index contributed by atoms with van der Waals surface area (Å²) in [4.78, 5) is 7.11. The van der Waals surface area contributed by atoms with Gasteiger partial charge in [0.1, 0.15) is 5.82 Å². The van der Waals surface area contributed by atoms with Crippen molar-refractivity contribution in [2.75, 3.05) is 11.9 Å². The number of nitrogens with zero attached hydrogens (tertiary/aromatic N) is 2. The Morgan fingerprint density at radius 2 is 1.81 bits per heavy atom. The van der Waals surface area contributed by atoms with Gasteiger partial charge in [-0.15, -0.1) is 0 Å². The predicted molar refractivity (Wildman–Crippen MR) is 76.3 cm³/mol. The lowest BCUT2D eigenvalue weighted by Crippen LogP contribution is -2.14. The Morgan fingerprint density at radius 1 is 1.14 bits per heavy atom. The third-order valence-corrected chi connectivity index (χ3v) is 2.93. The standard InChI is InChI=1S/C14H13ClF3N3/c1-2-7-19-12-8-11(9-3-5-10(15)6-4-9)20-13(21-12)14(16,17)18/h3-6,8H,2,7H2,1H3,(H,19,20,21). The number of rotatable bonds is 4. The van der Waals surface area contributed by atoms with Crippen LogP contribution < -0.4 is 5.32 Å². The third kappa shape index (κ3) is 4.07. The van der Waals surface area contributed by atoms with Crippen LogP contribution in [0.25, 0.3) is 11.3 Å². The molecule has 7 heteroatoms. The monoisotopic (exact) mass is 315 g/mol. The lowest BCUT2D eigenvalue weighted by molar-refractivity contribution is -0.144. The van der Waals surface area contributed by atoms with E-state index in [2.05, 4.69) is 15.3 Å². The molecule has 0 amide bonds. The zero-order valence-electron chi connectivity index (χ0n) is 11.2. The van der Waals surface area contributed by atoms with E-state index in [4.69, 9.17) is 11.6 Å². The topological polar surface area (TPSA) is 37.8 Å². The molecule has 0 spiro atoms. The lowest BCUT2D eigenvalue weighted by Gasteiger charge is -2.11. The Morgan fingerprint density at radius 3 is 2.38 bits per heavy atom. The van der Waals surface area contributed by atoms with Gasteiger partial charge in [-0.1, -0.05) is 30.7 Å². The van der Waals surface area contributed by atoms with Gasteiger partial charge in [-0.05, 0) is 18.6 Å². The Hall–Kier alpha value is -1.82. The molecular formula is C14H13ClF3N3. The largest absolute Gasteiger partial charge is 0.451 e. The quantitative estimate of drug-likeness (QED) is 0.893. The van der Waals surface area contributed by atoms with Gasteiger partial charge in [-0.25, -0.2) is 9.97 Å².